The average Bonchev–Trinajstić information content (AvgIpc) is 2.63. The maximum absolute atomic E-state index is 10.7. The molecule has 1 N–H and O–H groups in total. The molecule has 0 saturated carbocycles. The maximum atomic E-state index is 10.7. The second kappa shape index (κ2) is 4.25. The molecule has 1 heterocycles. The minimum absolute atomic E-state index is 0.127. The number of aryl methyl sites for hydroxylation is 2. The van der Waals surface area contributed by atoms with Crippen molar-refractivity contribution >= 4 is 17.1 Å². The maximum Gasteiger partial charge on any atom is 0.272 e. The third kappa shape index (κ3) is 2.41. The van der Waals surface area contributed by atoms with Crippen molar-refractivity contribution < 1.29 is 4.92 Å². The second-order valence-corrected chi connectivity index (χ2v) is 3.79. The molecule has 6 heteroatoms. The van der Waals surface area contributed by atoms with Gasteiger partial charge < -0.3 is 5.32 Å². The van der Waals surface area contributed by atoms with E-state index < -0.39 is 0 Å². The van der Waals surface area contributed by atoms with Gasteiger partial charge in [0.15, 0.2) is 0 Å². The second-order valence-electron chi connectivity index (χ2n) is 3.79. The summed E-state index contributed by atoms with van der Waals surface area (Å²) in [6, 6.07) is 4.91. The number of hydrogen-bond acceptors (Lipinski definition) is 4. The molecule has 6 nitrogen and oxygen atoms in total. The molecule has 2 rings (SSSR count). The number of nitrogens with zero attached hydrogens (tertiary/aromatic N) is 3. The Hall–Kier alpha value is -2.37. The van der Waals surface area contributed by atoms with Crippen LogP contribution in [-0.4, -0.2) is 14.7 Å². The van der Waals surface area contributed by atoms with E-state index in [2.05, 4.69) is 10.4 Å². The lowest BCUT2D eigenvalue weighted by Gasteiger charge is -2.04. The van der Waals surface area contributed by atoms with Gasteiger partial charge in [-0.05, 0) is 19.1 Å². The van der Waals surface area contributed by atoms with Crippen molar-refractivity contribution in [3.05, 3.63) is 46.3 Å². The Balaban J connectivity index is 2.23. The van der Waals surface area contributed by atoms with E-state index in [-0.39, 0.29) is 10.6 Å². The molecule has 0 unspecified atom stereocenters. The van der Waals surface area contributed by atoms with Crippen molar-refractivity contribution in [2.24, 2.45) is 7.05 Å². The van der Waals surface area contributed by atoms with E-state index in [0.717, 1.165) is 11.4 Å². The molecular formula is C11H12N4O2. The molecule has 2 aromatic rings. The number of benzene rings is 1. The van der Waals surface area contributed by atoms with Gasteiger partial charge in [-0.3, -0.25) is 14.8 Å². The Labute approximate surface area is 98.0 Å². The van der Waals surface area contributed by atoms with E-state index >= 15 is 0 Å². The molecule has 17 heavy (non-hydrogen) atoms. The van der Waals surface area contributed by atoms with Gasteiger partial charge in [0.25, 0.3) is 5.69 Å². The number of hydrogen-bond donors (Lipinski definition) is 1. The van der Waals surface area contributed by atoms with Crippen LogP contribution in [0.5, 0.6) is 0 Å². The van der Waals surface area contributed by atoms with Crippen molar-refractivity contribution in [3.63, 3.8) is 0 Å². The Morgan fingerprint density at radius 1 is 1.41 bits per heavy atom. The van der Waals surface area contributed by atoms with Crippen LogP contribution in [0, 0.1) is 17.0 Å². The van der Waals surface area contributed by atoms with E-state index in [9.17, 15) is 10.1 Å². The molecular weight excluding hydrogens is 220 g/mol. The van der Waals surface area contributed by atoms with Crippen LogP contribution >= 0.6 is 0 Å². The molecule has 0 spiro atoms. The average molecular weight is 232 g/mol. The molecule has 1 aromatic heterocycles. The van der Waals surface area contributed by atoms with Gasteiger partial charge in [0.05, 0.1) is 16.8 Å². The number of nitro benzene ring substituents is 1. The van der Waals surface area contributed by atoms with Crippen LogP contribution in [0.3, 0.4) is 0 Å². The smallest absolute Gasteiger partial charge is 0.272 e. The summed E-state index contributed by atoms with van der Waals surface area (Å²) in [6.45, 7) is 1.71. The van der Waals surface area contributed by atoms with Gasteiger partial charge in [0, 0.05) is 30.6 Å². The van der Waals surface area contributed by atoms with Gasteiger partial charge in [-0.25, -0.2) is 0 Å². The summed E-state index contributed by atoms with van der Waals surface area (Å²) >= 11 is 0. The Kier molecular flexibility index (Phi) is 2.78. The van der Waals surface area contributed by atoms with Crippen LogP contribution in [-0.2, 0) is 7.05 Å². The third-order valence-electron chi connectivity index (χ3n) is 2.39. The summed E-state index contributed by atoms with van der Waals surface area (Å²) in [5, 5.41) is 17.8. The van der Waals surface area contributed by atoms with E-state index in [1.807, 2.05) is 13.2 Å². The summed E-state index contributed by atoms with van der Waals surface area (Å²) in [5.41, 5.74) is 2.41. The molecule has 0 aliphatic carbocycles. The Bertz CT molecular complexity index is 562. The number of nitro groups is 1. The van der Waals surface area contributed by atoms with Gasteiger partial charge in [-0.15, -0.1) is 0 Å². The lowest BCUT2D eigenvalue weighted by Crippen LogP contribution is -1.94. The van der Waals surface area contributed by atoms with E-state index in [0.29, 0.717) is 5.56 Å². The van der Waals surface area contributed by atoms with Crippen molar-refractivity contribution in [2.45, 2.75) is 6.92 Å². The predicted molar refractivity (Wildman–Crippen MR) is 64.3 cm³/mol. The molecule has 0 fully saturated rings. The summed E-state index contributed by atoms with van der Waals surface area (Å²) in [7, 11) is 1.83. The zero-order valence-electron chi connectivity index (χ0n) is 9.54. The molecule has 0 saturated heterocycles. The lowest BCUT2D eigenvalue weighted by atomic mass is 10.2. The standard InChI is InChI=1S/C11H12N4O2/c1-8-5-9(3-4-11(8)15(16)17)13-10-6-12-14(2)7-10/h3-7,13H,1-2H3. The molecule has 1 aromatic carbocycles. The van der Waals surface area contributed by atoms with Gasteiger partial charge in [0.2, 0.25) is 0 Å². The van der Waals surface area contributed by atoms with Gasteiger partial charge in [-0.1, -0.05) is 0 Å². The highest BCUT2D eigenvalue weighted by Gasteiger charge is 2.10. The molecule has 0 bridgehead atoms. The molecule has 0 radical (unpaired) electrons. The zero-order chi connectivity index (χ0) is 12.4. The van der Waals surface area contributed by atoms with Crippen LogP contribution in [0.2, 0.25) is 0 Å². The van der Waals surface area contributed by atoms with E-state index in [4.69, 9.17) is 0 Å². The topological polar surface area (TPSA) is 73.0 Å². The lowest BCUT2D eigenvalue weighted by molar-refractivity contribution is -0.385. The summed E-state index contributed by atoms with van der Waals surface area (Å²) < 4.78 is 1.68. The molecule has 0 amide bonds. The highest BCUT2D eigenvalue weighted by molar-refractivity contribution is 5.61. The monoisotopic (exact) mass is 232 g/mol. The van der Waals surface area contributed by atoms with Crippen molar-refractivity contribution in [1.82, 2.24) is 9.78 Å². The highest BCUT2D eigenvalue weighted by Crippen LogP contribution is 2.23. The molecule has 88 valence electrons. The quantitative estimate of drug-likeness (QED) is 0.651. The number of aromatic nitrogens is 2. The fraction of sp³-hybridized carbons (Fsp3) is 0.182. The van der Waals surface area contributed by atoms with Crippen LogP contribution in [0.1, 0.15) is 5.56 Å². The fourth-order valence-corrected chi connectivity index (χ4v) is 1.59. The zero-order valence-corrected chi connectivity index (χ0v) is 9.54. The largest absolute Gasteiger partial charge is 0.353 e. The van der Waals surface area contributed by atoms with Crippen molar-refractivity contribution in [3.8, 4) is 0 Å². The minimum Gasteiger partial charge on any atom is -0.353 e. The van der Waals surface area contributed by atoms with Crippen LogP contribution in [0.25, 0.3) is 0 Å². The predicted octanol–water partition coefficient (Wildman–Crippen LogP) is 2.38. The number of nitrogens with one attached hydrogen (secondary N) is 1. The fourth-order valence-electron chi connectivity index (χ4n) is 1.59. The van der Waals surface area contributed by atoms with Gasteiger partial charge >= 0.3 is 0 Å². The highest BCUT2D eigenvalue weighted by atomic mass is 16.6. The molecule has 0 atom stereocenters. The van der Waals surface area contributed by atoms with Crippen LogP contribution in [0.15, 0.2) is 30.6 Å². The molecule has 0 aliphatic rings. The summed E-state index contributed by atoms with van der Waals surface area (Å²) in [6.07, 6.45) is 3.52. The number of anilines is 2. The first-order chi connectivity index (χ1) is 8.06. The third-order valence-corrected chi connectivity index (χ3v) is 2.39. The van der Waals surface area contributed by atoms with E-state index in [1.54, 1.807) is 29.9 Å². The first-order valence-electron chi connectivity index (χ1n) is 5.07. The molecule has 0 aliphatic heterocycles. The Morgan fingerprint density at radius 2 is 2.18 bits per heavy atom. The van der Waals surface area contributed by atoms with Gasteiger partial charge in [-0.2, -0.15) is 5.10 Å². The first-order valence-corrected chi connectivity index (χ1v) is 5.07. The van der Waals surface area contributed by atoms with Crippen molar-refractivity contribution in [1.29, 1.82) is 0 Å². The van der Waals surface area contributed by atoms with Crippen molar-refractivity contribution in [2.75, 3.05) is 5.32 Å². The summed E-state index contributed by atoms with van der Waals surface area (Å²) in [5.74, 6) is 0. The van der Waals surface area contributed by atoms with Crippen LogP contribution in [0.4, 0.5) is 17.1 Å². The minimum atomic E-state index is -0.386. The van der Waals surface area contributed by atoms with Gasteiger partial charge in [0.1, 0.15) is 0 Å². The SMILES string of the molecule is Cc1cc(Nc2cnn(C)c2)ccc1[N+](=O)[O-]. The normalized spacial score (nSPS) is 10.2. The number of rotatable bonds is 3. The summed E-state index contributed by atoms with van der Waals surface area (Å²) in [4.78, 5) is 10.3. The Morgan fingerprint density at radius 3 is 2.71 bits per heavy atom. The van der Waals surface area contributed by atoms with Crippen LogP contribution < -0.4 is 5.32 Å². The first kappa shape index (κ1) is 11.1. The van der Waals surface area contributed by atoms with E-state index in [1.165, 1.54) is 6.07 Å².